The molecular weight excluding hydrogens is 166 g/mol. The van der Waals surface area contributed by atoms with Crippen molar-refractivity contribution in [1.82, 2.24) is 0 Å². The van der Waals surface area contributed by atoms with Gasteiger partial charge in [0.2, 0.25) is 0 Å². The van der Waals surface area contributed by atoms with E-state index in [2.05, 4.69) is 0 Å². The number of nitrogens with two attached hydrogens (primary N) is 1. The molecule has 0 saturated heterocycles. The number of phenolic OH excluding ortho intramolecular Hbond substituents is 1. The fourth-order valence-corrected chi connectivity index (χ4v) is 1.14. The Morgan fingerprint density at radius 1 is 1.54 bits per heavy atom. The molecule has 1 aromatic carbocycles. The van der Waals surface area contributed by atoms with E-state index in [4.69, 9.17) is 5.73 Å². The molecule has 3 nitrogen and oxygen atoms in total. The second-order valence-corrected chi connectivity index (χ2v) is 3.15. The maximum absolute atomic E-state index is 11.0. The van der Waals surface area contributed by atoms with Crippen LogP contribution in [0, 0.1) is 6.92 Å². The van der Waals surface area contributed by atoms with E-state index in [1.807, 2.05) is 6.92 Å². The van der Waals surface area contributed by atoms with E-state index < -0.39 is 6.04 Å². The molecule has 0 aliphatic rings. The maximum atomic E-state index is 11.0. The summed E-state index contributed by atoms with van der Waals surface area (Å²) in [4.78, 5) is 11.0. The van der Waals surface area contributed by atoms with Crippen molar-refractivity contribution in [2.75, 3.05) is 0 Å². The van der Waals surface area contributed by atoms with E-state index in [1.165, 1.54) is 6.92 Å². The lowest BCUT2D eigenvalue weighted by molar-refractivity contribution is -0.118. The third-order valence-electron chi connectivity index (χ3n) is 1.96. The summed E-state index contributed by atoms with van der Waals surface area (Å²) in [5.74, 6) is -0.0748. The van der Waals surface area contributed by atoms with E-state index in [9.17, 15) is 9.90 Å². The monoisotopic (exact) mass is 179 g/mol. The van der Waals surface area contributed by atoms with Crippen LogP contribution in [0.4, 0.5) is 0 Å². The summed E-state index contributed by atoms with van der Waals surface area (Å²) in [5.41, 5.74) is 7.07. The summed E-state index contributed by atoms with van der Waals surface area (Å²) in [5, 5.41) is 9.42. The zero-order valence-electron chi connectivity index (χ0n) is 7.74. The minimum Gasteiger partial charge on any atom is -0.508 e. The Kier molecular flexibility index (Phi) is 2.68. The van der Waals surface area contributed by atoms with E-state index in [0.717, 1.165) is 5.56 Å². The fourth-order valence-electron chi connectivity index (χ4n) is 1.14. The highest BCUT2D eigenvalue weighted by Crippen LogP contribution is 2.23. The molecule has 1 aromatic rings. The Morgan fingerprint density at radius 3 is 2.69 bits per heavy atom. The quantitative estimate of drug-likeness (QED) is 0.719. The minimum atomic E-state index is -0.722. The van der Waals surface area contributed by atoms with Gasteiger partial charge in [-0.2, -0.15) is 0 Å². The SMILES string of the molecule is CC(=O)C(N)c1cc(C)ccc1O. The van der Waals surface area contributed by atoms with Crippen molar-refractivity contribution in [3.8, 4) is 5.75 Å². The molecule has 0 amide bonds. The molecule has 0 saturated carbocycles. The summed E-state index contributed by atoms with van der Waals surface area (Å²) < 4.78 is 0. The predicted octanol–water partition coefficient (Wildman–Crippen LogP) is 1.29. The summed E-state index contributed by atoms with van der Waals surface area (Å²) in [6.07, 6.45) is 0. The van der Waals surface area contributed by atoms with Crippen molar-refractivity contribution < 1.29 is 9.90 Å². The largest absolute Gasteiger partial charge is 0.508 e. The van der Waals surface area contributed by atoms with Crippen molar-refractivity contribution in [2.24, 2.45) is 5.73 Å². The van der Waals surface area contributed by atoms with E-state index in [1.54, 1.807) is 18.2 Å². The van der Waals surface area contributed by atoms with Crippen LogP contribution in [-0.2, 0) is 4.79 Å². The normalized spacial score (nSPS) is 12.5. The molecular formula is C10H13NO2. The van der Waals surface area contributed by atoms with Crippen LogP contribution in [0.5, 0.6) is 5.75 Å². The van der Waals surface area contributed by atoms with Gasteiger partial charge in [-0.25, -0.2) is 0 Å². The highest BCUT2D eigenvalue weighted by Gasteiger charge is 2.14. The zero-order valence-corrected chi connectivity index (χ0v) is 7.74. The third kappa shape index (κ3) is 2.06. The summed E-state index contributed by atoms with van der Waals surface area (Å²) in [6, 6.07) is 4.32. The summed E-state index contributed by atoms with van der Waals surface area (Å²) in [6.45, 7) is 3.29. The first-order chi connectivity index (χ1) is 6.02. The molecule has 3 N–H and O–H groups in total. The molecule has 0 aliphatic heterocycles. The van der Waals surface area contributed by atoms with Crippen molar-refractivity contribution >= 4 is 5.78 Å². The number of ketones is 1. The molecule has 0 aromatic heterocycles. The second-order valence-electron chi connectivity index (χ2n) is 3.15. The Bertz CT molecular complexity index is 334. The molecule has 0 spiro atoms. The van der Waals surface area contributed by atoms with Crippen molar-refractivity contribution in [1.29, 1.82) is 0 Å². The van der Waals surface area contributed by atoms with E-state index in [-0.39, 0.29) is 11.5 Å². The van der Waals surface area contributed by atoms with Gasteiger partial charge >= 0.3 is 0 Å². The molecule has 1 rings (SSSR count). The average molecular weight is 179 g/mol. The van der Waals surface area contributed by atoms with Gasteiger partial charge in [0, 0.05) is 5.56 Å². The highest BCUT2D eigenvalue weighted by molar-refractivity contribution is 5.83. The van der Waals surface area contributed by atoms with E-state index >= 15 is 0 Å². The van der Waals surface area contributed by atoms with Crippen molar-refractivity contribution in [3.63, 3.8) is 0 Å². The predicted molar refractivity (Wildman–Crippen MR) is 50.5 cm³/mol. The molecule has 1 unspecified atom stereocenters. The van der Waals surface area contributed by atoms with Crippen LogP contribution >= 0.6 is 0 Å². The Morgan fingerprint density at radius 2 is 2.15 bits per heavy atom. The number of hydrogen-bond acceptors (Lipinski definition) is 3. The molecule has 0 bridgehead atoms. The number of Topliss-reactive ketones (excluding diaryl/α,β-unsaturated/α-hetero) is 1. The lowest BCUT2D eigenvalue weighted by Crippen LogP contribution is -2.18. The highest BCUT2D eigenvalue weighted by atomic mass is 16.3. The molecule has 0 fully saturated rings. The van der Waals surface area contributed by atoms with Crippen LogP contribution in [0.3, 0.4) is 0 Å². The topological polar surface area (TPSA) is 63.3 Å². The van der Waals surface area contributed by atoms with Crippen LogP contribution in [0.25, 0.3) is 0 Å². The van der Waals surface area contributed by atoms with Crippen LogP contribution in [0.1, 0.15) is 24.1 Å². The third-order valence-corrected chi connectivity index (χ3v) is 1.96. The number of aryl methyl sites for hydroxylation is 1. The average Bonchev–Trinajstić information content (AvgIpc) is 2.08. The number of hydrogen-bond donors (Lipinski definition) is 2. The van der Waals surface area contributed by atoms with Crippen molar-refractivity contribution in [2.45, 2.75) is 19.9 Å². The summed E-state index contributed by atoms with van der Waals surface area (Å²) in [7, 11) is 0. The molecule has 0 radical (unpaired) electrons. The smallest absolute Gasteiger partial charge is 0.151 e. The molecule has 13 heavy (non-hydrogen) atoms. The molecule has 3 heteroatoms. The van der Waals surface area contributed by atoms with Crippen LogP contribution in [-0.4, -0.2) is 10.9 Å². The molecule has 0 aliphatic carbocycles. The first-order valence-corrected chi connectivity index (χ1v) is 4.08. The standard InChI is InChI=1S/C10H13NO2/c1-6-3-4-9(13)8(5-6)10(11)7(2)12/h3-5,10,13H,11H2,1-2H3. The van der Waals surface area contributed by atoms with Gasteiger partial charge in [0.05, 0.1) is 6.04 Å². The Hall–Kier alpha value is -1.35. The first kappa shape index (κ1) is 9.74. The van der Waals surface area contributed by atoms with Crippen LogP contribution in [0.15, 0.2) is 18.2 Å². The van der Waals surface area contributed by atoms with Gasteiger partial charge in [-0.15, -0.1) is 0 Å². The molecule has 0 heterocycles. The van der Waals surface area contributed by atoms with Gasteiger partial charge in [0.1, 0.15) is 5.75 Å². The fraction of sp³-hybridized carbons (Fsp3) is 0.300. The number of carbonyl (C=O) groups is 1. The van der Waals surface area contributed by atoms with Gasteiger partial charge in [-0.05, 0) is 19.9 Å². The van der Waals surface area contributed by atoms with Crippen LogP contribution in [0.2, 0.25) is 0 Å². The van der Waals surface area contributed by atoms with Crippen LogP contribution < -0.4 is 5.73 Å². The number of phenols is 1. The van der Waals surface area contributed by atoms with Gasteiger partial charge in [0.25, 0.3) is 0 Å². The van der Waals surface area contributed by atoms with Gasteiger partial charge in [-0.3, -0.25) is 4.79 Å². The molecule has 1 atom stereocenters. The van der Waals surface area contributed by atoms with Gasteiger partial charge in [0.15, 0.2) is 5.78 Å². The number of carbonyl (C=O) groups excluding carboxylic acids is 1. The zero-order chi connectivity index (χ0) is 10.0. The Balaban J connectivity index is 3.12. The number of aromatic hydroxyl groups is 1. The number of benzene rings is 1. The lowest BCUT2D eigenvalue weighted by atomic mass is 10.0. The second kappa shape index (κ2) is 3.58. The van der Waals surface area contributed by atoms with E-state index in [0.29, 0.717) is 5.56 Å². The minimum absolute atomic E-state index is 0.0771. The summed E-state index contributed by atoms with van der Waals surface area (Å²) >= 11 is 0. The first-order valence-electron chi connectivity index (χ1n) is 4.08. The van der Waals surface area contributed by atoms with Gasteiger partial charge < -0.3 is 10.8 Å². The van der Waals surface area contributed by atoms with Gasteiger partial charge in [-0.1, -0.05) is 17.7 Å². The number of rotatable bonds is 2. The molecule has 70 valence electrons. The Labute approximate surface area is 77.2 Å². The lowest BCUT2D eigenvalue weighted by Gasteiger charge is -2.10. The maximum Gasteiger partial charge on any atom is 0.151 e. The van der Waals surface area contributed by atoms with Crippen molar-refractivity contribution in [3.05, 3.63) is 29.3 Å².